The molecule has 1 aliphatic heterocycles. The molecule has 1 unspecified atom stereocenters. The molecular weight excluding hydrogens is 321 g/mol. The number of anilines is 2. The first kappa shape index (κ1) is 17.1. The van der Waals surface area contributed by atoms with Gasteiger partial charge in [-0.1, -0.05) is 24.3 Å². The zero-order valence-corrected chi connectivity index (χ0v) is 14.3. The quantitative estimate of drug-likeness (QED) is 0.878. The van der Waals surface area contributed by atoms with Gasteiger partial charge in [-0.3, -0.25) is 14.5 Å². The predicted octanol–water partition coefficient (Wildman–Crippen LogP) is 1.21. The van der Waals surface area contributed by atoms with Crippen LogP contribution in [0.5, 0.6) is 0 Å². The number of nitrogens with one attached hydrogen (secondary N) is 2. The summed E-state index contributed by atoms with van der Waals surface area (Å²) in [4.78, 5) is 27.4. The maximum atomic E-state index is 13.0. The van der Waals surface area contributed by atoms with E-state index < -0.39 is 0 Å². The van der Waals surface area contributed by atoms with Gasteiger partial charge in [0.2, 0.25) is 5.91 Å². The van der Waals surface area contributed by atoms with E-state index >= 15 is 0 Å². The molecule has 5 nitrogen and oxygen atoms in total. The van der Waals surface area contributed by atoms with Crippen LogP contribution in [0, 0.1) is 5.82 Å². The lowest BCUT2D eigenvalue weighted by molar-refractivity contribution is -0.908. The fourth-order valence-electron chi connectivity index (χ4n) is 2.95. The van der Waals surface area contributed by atoms with Gasteiger partial charge in [0.25, 0.3) is 5.91 Å². The molecule has 0 fully saturated rings. The fourth-order valence-corrected chi connectivity index (χ4v) is 2.95. The number of para-hydroxylation sites is 2. The molecule has 0 aromatic heterocycles. The van der Waals surface area contributed by atoms with Crippen LogP contribution in [0.25, 0.3) is 0 Å². The van der Waals surface area contributed by atoms with E-state index in [4.69, 9.17) is 0 Å². The average molecular weight is 342 g/mol. The van der Waals surface area contributed by atoms with Crippen LogP contribution >= 0.6 is 0 Å². The highest BCUT2D eigenvalue weighted by Crippen LogP contribution is 2.29. The SMILES string of the molecule is C[C@H](C(=O)N1CC(=O)Nc2ccccc21)[NH+](C)Cc1ccc(F)cc1. The van der Waals surface area contributed by atoms with Gasteiger partial charge in [0.05, 0.1) is 18.4 Å². The normalized spacial score (nSPS) is 16.0. The smallest absolute Gasteiger partial charge is 0.285 e. The number of fused-ring (bicyclic) bond motifs is 1. The van der Waals surface area contributed by atoms with Gasteiger partial charge in [-0.25, -0.2) is 4.39 Å². The van der Waals surface area contributed by atoms with E-state index in [1.807, 2.05) is 32.2 Å². The van der Waals surface area contributed by atoms with Crippen LogP contribution in [-0.2, 0) is 16.1 Å². The Morgan fingerprint density at radius 3 is 2.64 bits per heavy atom. The molecule has 0 bridgehead atoms. The highest BCUT2D eigenvalue weighted by atomic mass is 19.1. The van der Waals surface area contributed by atoms with Crippen molar-refractivity contribution >= 4 is 23.2 Å². The Morgan fingerprint density at radius 2 is 1.92 bits per heavy atom. The second-order valence-corrected chi connectivity index (χ2v) is 6.36. The third-order valence-electron chi connectivity index (χ3n) is 4.54. The Kier molecular flexibility index (Phi) is 4.81. The first-order valence-electron chi connectivity index (χ1n) is 8.22. The van der Waals surface area contributed by atoms with Crippen LogP contribution in [0.3, 0.4) is 0 Å². The number of benzene rings is 2. The molecule has 0 saturated heterocycles. The minimum Gasteiger partial charge on any atom is -0.324 e. The number of quaternary nitrogens is 1. The van der Waals surface area contributed by atoms with Crippen LogP contribution in [0.15, 0.2) is 48.5 Å². The molecule has 0 saturated carbocycles. The molecule has 1 heterocycles. The van der Waals surface area contributed by atoms with Crippen molar-refractivity contribution in [1.82, 2.24) is 0 Å². The van der Waals surface area contributed by atoms with Crippen molar-refractivity contribution in [2.24, 2.45) is 0 Å². The Balaban J connectivity index is 1.75. The third-order valence-corrected chi connectivity index (χ3v) is 4.54. The van der Waals surface area contributed by atoms with Crippen molar-refractivity contribution in [2.75, 3.05) is 23.8 Å². The molecule has 2 atom stereocenters. The van der Waals surface area contributed by atoms with Gasteiger partial charge in [-0.15, -0.1) is 0 Å². The second-order valence-electron chi connectivity index (χ2n) is 6.36. The number of amides is 2. The van der Waals surface area contributed by atoms with E-state index in [0.717, 1.165) is 10.5 Å². The monoisotopic (exact) mass is 342 g/mol. The molecule has 25 heavy (non-hydrogen) atoms. The molecule has 2 aromatic carbocycles. The van der Waals surface area contributed by atoms with Gasteiger partial charge < -0.3 is 10.2 Å². The van der Waals surface area contributed by atoms with Gasteiger partial charge in [-0.05, 0) is 31.2 Å². The van der Waals surface area contributed by atoms with Crippen LogP contribution in [0.2, 0.25) is 0 Å². The van der Waals surface area contributed by atoms with Crippen molar-refractivity contribution in [2.45, 2.75) is 19.5 Å². The molecule has 2 aromatic rings. The topological polar surface area (TPSA) is 53.9 Å². The molecule has 0 radical (unpaired) electrons. The summed E-state index contributed by atoms with van der Waals surface area (Å²) in [5, 5.41) is 2.78. The summed E-state index contributed by atoms with van der Waals surface area (Å²) in [5.41, 5.74) is 2.32. The van der Waals surface area contributed by atoms with Crippen molar-refractivity contribution in [1.29, 1.82) is 0 Å². The maximum absolute atomic E-state index is 13.0. The van der Waals surface area contributed by atoms with E-state index in [9.17, 15) is 14.0 Å². The van der Waals surface area contributed by atoms with Gasteiger partial charge in [0.15, 0.2) is 6.04 Å². The van der Waals surface area contributed by atoms with Crippen molar-refractivity contribution in [3.63, 3.8) is 0 Å². The van der Waals surface area contributed by atoms with Crippen molar-refractivity contribution in [3.8, 4) is 0 Å². The predicted molar refractivity (Wildman–Crippen MR) is 93.9 cm³/mol. The molecule has 0 aliphatic carbocycles. The van der Waals surface area contributed by atoms with E-state index in [1.165, 1.54) is 17.0 Å². The largest absolute Gasteiger partial charge is 0.324 e. The lowest BCUT2D eigenvalue weighted by Gasteiger charge is -2.32. The number of likely N-dealkylation sites (N-methyl/N-ethyl adjacent to an activating group) is 1. The van der Waals surface area contributed by atoms with E-state index in [2.05, 4.69) is 5.32 Å². The molecule has 2 N–H and O–H groups in total. The number of rotatable bonds is 4. The molecule has 2 amide bonds. The molecule has 3 rings (SSSR count). The van der Waals surface area contributed by atoms with E-state index in [-0.39, 0.29) is 30.2 Å². The summed E-state index contributed by atoms with van der Waals surface area (Å²) in [6.45, 7) is 2.45. The number of halogens is 1. The Hall–Kier alpha value is -2.73. The summed E-state index contributed by atoms with van der Waals surface area (Å²) < 4.78 is 13.0. The van der Waals surface area contributed by atoms with Gasteiger partial charge in [0.1, 0.15) is 18.9 Å². The number of hydrogen-bond donors (Lipinski definition) is 2. The third kappa shape index (κ3) is 3.69. The Morgan fingerprint density at radius 1 is 1.24 bits per heavy atom. The van der Waals surface area contributed by atoms with Gasteiger partial charge in [0, 0.05) is 5.56 Å². The lowest BCUT2D eigenvalue weighted by atomic mass is 10.1. The minimum atomic E-state index is -0.344. The van der Waals surface area contributed by atoms with E-state index in [1.54, 1.807) is 18.2 Å². The van der Waals surface area contributed by atoms with E-state index in [0.29, 0.717) is 17.9 Å². The van der Waals surface area contributed by atoms with Gasteiger partial charge >= 0.3 is 0 Å². The van der Waals surface area contributed by atoms with Crippen LogP contribution in [0.1, 0.15) is 12.5 Å². The van der Waals surface area contributed by atoms with Crippen molar-refractivity contribution in [3.05, 3.63) is 59.9 Å². The van der Waals surface area contributed by atoms with Crippen molar-refractivity contribution < 1.29 is 18.9 Å². The minimum absolute atomic E-state index is 0.0179. The number of hydrogen-bond acceptors (Lipinski definition) is 2. The highest BCUT2D eigenvalue weighted by molar-refractivity contribution is 6.10. The van der Waals surface area contributed by atoms with Gasteiger partial charge in [-0.2, -0.15) is 0 Å². The fraction of sp³-hybridized carbons (Fsp3) is 0.263. The van der Waals surface area contributed by atoms with Crippen LogP contribution in [-0.4, -0.2) is 31.4 Å². The molecule has 1 aliphatic rings. The maximum Gasteiger partial charge on any atom is 0.285 e. The molecule has 130 valence electrons. The first-order valence-corrected chi connectivity index (χ1v) is 8.22. The molecule has 0 spiro atoms. The summed E-state index contributed by atoms with van der Waals surface area (Å²) in [5.74, 6) is -0.584. The summed E-state index contributed by atoms with van der Waals surface area (Å²) in [6.07, 6.45) is 0. The summed E-state index contributed by atoms with van der Waals surface area (Å²) in [6, 6.07) is 13.2. The summed E-state index contributed by atoms with van der Waals surface area (Å²) in [7, 11) is 1.92. The zero-order chi connectivity index (χ0) is 18.0. The highest BCUT2D eigenvalue weighted by Gasteiger charge is 2.33. The average Bonchev–Trinajstić information content (AvgIpc) is 2.61. The second kappa shape index (κ2) is 7.03. The standard InChI is InChI=1S/C19H20FN3O2/c1-13(22(2)11-14-7-9-15(20)10-8-14)19(25)23-12-18(24)21-16-5-3-4-6-17(16)23/h3-10,13H,11-12H2,1-2H3,(H,21,24)/p+1/t13-/m1/s1. The lowest BCUT2D eigenvalue weighted by Crippen LogP contribution is -3.12. The van der Waals surface area contributed by atoms with Crippen LogP contribution in [0.4, 0.5) is 15.8 Å². The number of nitrogens with zero attached hydrogens (tertiary/aromatic N) is 1. The Labute approximate surface area is 146 Å². The summed E-state index contributed by atoms with van der Waals surface area (Å²) >= 11 is 0. The number of carbonyl (C=O) groups is 2. The molecule has 6 heteroatoms. The number of carbonyl (C=O) groups excluding carboxylic acids is 2. The first-order chi connectivity index (χ1) is 12.0. The zero-order valence-electron chi connectivity index (χ0n) is 14.3. The Bertz CT molecular complexity index is 792. The van der Waals surface area contributed by atoms with Crippen LogP contribution < -0.4 is 15.1 Å². The molecular formula is C19H21FN3O2+.